The lowest BCUT2D eigenvalue weighted by Crippen LogP contribution is -2.14. The smallest absolute Gasteiger partial charge is 0.159 e. The van der Waals surface area contributed by atoms with Crippen molar-refractivity contribution in [2.45, 2.75) is 12.5 Å². The van der Waals surface area contributed by atoms with E-state index in [1.54, 1.807) is 12.4 Å². The van der Waals surface area contributed by atoms with E-state index in [1.807, 2.05) is 6.07 Å². The van der Waals surface area contributed by atoms with Crippen LogP contribution in [0.2, 0.25) is 0 Å². The Hall–Kier alpha value is -1.33. The van der Waals surface area contributed by atoms with E-state index in [0.717, 1.165) is 22.2 Å². The molecule has 0 fully saturated rings. The number of hydrogen-bond acceptors (Lipinski definition) is 2. The first-order valence-electron chi connectivity index (χ1n) is 5.36. The van der Waals surface area contributed by atoms with E-state index in [9.17, 15) is 8.78 Å². The molecule has 0 spiro atoms. The van der Waals surface area contributed by atoms with E-state index in [2.05, 4.69) is 20.9 Å². The van der Waals surface area contributed by atoms with Crippen LogP contribution in [-0.4, -0.2) is 4.98 Å². The van der Waals surface area contributed by atoms with E-state index in [0.29, 0.717) is 12.0 Å². The van der Waals surface area contributed by atoms with E-state index in [4.69, 9.17) is 5.73 Å². The number of hydrogen-bond donors (Lipinski definition) is 1. The van der Waals surface area contributed by atoms with Gasteiger partial charge in [-0.15, -0.1) is 0 Å². The van der Waals surface area contributed by atoms with Crippen molar-refractivity contribution in [2.75, 3.05) is 0 Å². The number of pyridine rings is 1. The number of nitrogens with two attached hydrogens (primary N) is 1. The van der Waals surface area contributed by atoms with Crippen LogP contribution in [0.1, 0.15) is 17.2 Å². The van der Waals surface area contributed by atoms with Crippen LogP contribution in [-0.2, 0) is 6.42 Å². The molecule has 2 aromatic rings. The summed E-state index contributed by atoms with van der Waals surface area (Å²) < 4.78 is 26.8. The predicted octanol–water partition coefficient (Wildman–Crippen LogP) is 3.36. The minimum atomic E-state index is -0.879. The highest BCUT2D eigenvalue weighted by Crippen LogP contribution is 2.19. The number of aromatic nitrogens is 1. The molecule has 0 saturated heterocycles. The monoisotopic (exact) mass is 312 g/mol. The maximum atomic E-state index is 13.1. The second-order valence-corrected chi connectivity index (χ2v) is 4.91. The highest BCUT2D eigenvalue weighted by Gasteiger charge is 2.10. The first-order valence-corrected chi connectivity index (χ1v) is 6.15. The summed E-state index contributed by atoms with van der Waals surface area (Å²) >= 11 is 3.32. The Bertz CT molecular complexity index is 560. The van der Waals surface area contributed by atoms with Crippen molar-refractivity contribution in [2.24, 2.45) is 5.73 Å². The first-order chi connectivity index (χ1) is 8.56. The maximum absolute atomic E-state index is 13.1. The first kappa shape index (κ1) is 13.1. The highest BCUT2D eigenvalue weighted by atomic mass is 79.9. The van der Waals surface area contributed by atoms with Gasteiger partial charge in [0.1, 0.15) is 0 Å². The van der Waals surface area contributed by atoms with Crippen molar-refractivity contribution < 1.29 is 8.78 Å². The van der Waals surface area contributed by atoms with Crippen LogP contribution >= 0.6 is 15.9 Å². The fourth-order valence-corrected chi connectivity index (χ4v) is 2.09. The third-order valence-electron chi connectivity index (χ3n) is 2.59. The molecular formula is C13H11BrF2N2. The van der Waals surface area contributed by atoms with Crippen molar-refractivity contribution in [3.05, 3.63) is 63.9 Å². The van der Waals surface area contributed by atoms with E-state index in [-0.39, 0.29) is 0 Å². The molecule has 0 aliphatic carbocycles. The van der Waals surface area contributed by atoms with Gasteiger partial charge in [-0.25, -0.2) is 8.78 Å². The van der Waals surface area contributed by atoms with Gasteiger partial charge in [-0.05, 0) is 51.7 Å². The lowest BCUT2D eigenvalue weighted by atomic mass is 10.0. The summed E-state index contributed by atoms with van der Waals surface area (Å²) in [5.41, 5.74) is 7.46. The minimum absolute atomic E-state index is 0.392. The lowest BCUT2D eigenvalue weighted by Gasteiger charge is -2.12. The van der Waals surface area contributed by atoms with Crippen LogP contribution in [0.15, 0.2) is 41.1 Å². The molecule has 2 rings (SSSR count). The van der Waals surface area contributed by atoms with Gasteiger partial charge in [0.05, 0.1) is 0 Å². The summed E-state index contributed by atoms with van der Waals surface area (Å²) in [5, 5.41) is 0. The second kappa shape index (κ2) is 5.54. The fourth-order valence-electron chi connectivity index (χ4n) is 1.68. The Balaban J connectivity index is 2.16. The lowest BCUT2D eigenvalue weighted by molar-refractivity contribution is 0.505. The average Bonchev–Trinajstić information content (AvgIpc) is 2.32. The van der Waals surface area contributed by atoms with Crippen LogP contribution < -0.4 is 5.73 Å². The van der Waals surface area contributed by atoms with Gasteiger partial charge >= 0.3 is 0 Å². The molecule has 2 nitrogen and oxygen atoms in total. The topological polar surface area (TPSA) is 38.9 Å². The second-order valence-electron chi connectivity index (χ2n) is 4.00. The Morgan fingerprint density at radius 2 is 1.94 bits per heavy atom. The Labute approximate surface area is 112 Å². The predicted molar refractivity (Wildman–Crippen MR) is 68.9 cm³/mol. The molecule has 0 saturated carbocycles. The molecule has 1 atom stereocenters. The van der Waals surface area contributed by atoms with E-state index in [1.165, 1.54) is 6.07 Å². The van der Waals surface area contributed by atoms with Crippen LogP contribution in [0.25, 0.3) is 0 Å². The third-order valence-corrected chi connectivity index (χ3v) is 3.02. The average molecular weight is 313 g/mol. The molecule has 1 heterocycles. The van der Waals surface area contributed by atoms with Crippen LogP contribution in [0, 0.1) is 11.6 Å². The Kier molecular flexibility index (Phi) is 4.04. The van der Waals surface area contributed by atoms with Crippen molar-refractivity contribution in [1.29, 1.82) is 0 Å². The molecule has 0 amide bonds. The van der Waals surface area contributed by atoms with Crippen LogP contribution in [0.3, 0.4) is 0 Å². The molecule has 18 heavy (non-hydrogen) atoms. The molecule has 0 radical (unpaired) electrons. The largest absolute Gasteiger partial charge is 0.324 e. The molecule has 1 unspecified atom stereocenters. The number of benzene rings is 1. The van der Waals surface area contributed by atoms with Crippen molar-refractivity contribution in [1.82, 2.24) is 4.98 Å². The molecular weight excluding hydrogens is 302 g/mol. The molecule has 0 aliphatic heterocycles. The van der Waals surface area contributed by atoms with Crippen molar-refractivity contribution in [3.8, 4) is 0 Å². The molecule has 0 bridgehead atoms. The van der Waals surface area contributed by atoms with Gasteiger partial charge in [-0.3, -0.25) is 4.98 Å². The molecule has 0 aliphatic rings. The minimum Gasteiger partial charge on any atom is -0.324 e. The third kappa shape index (κ3) is 3.11. The van der Waals surface area contributed by atoms with E-state index >= 15 is 0 Å². The highest BCUT2D eigenvalue weighted by molar-refractivity contribution is 9.10. The maximum Gasteiger partial charge on any atom is 0.159 e. The van der Waals surface area contributed by atoms with Gasteiger partial charge in [-0.2, -0.15) is 0 Å². The summed E-state index contributed by atoms with van der Waals surface area (Å²) in [5.74, 6) is -1.75. The summed E-state index contributed by atoms with van der Waals surface area (Å²) in [7, 11) is 0. The van der Waals surface area contributed by atoms with Crippen molar-refractivity contribution >= 4 is 15.9 Å². The van der Waals surface area contributed by atoms with Crippen LogP contribution in [0.4, 0.5) is 8.78 Å². The quantitative estimate of drug-likeness (QED) is 0.943. The van der Waals surface area contributed by atoms with Gasteiger partial charge in [0.15, 0.2) is 11.6 Å². The number of rotatable bonds is 3. The fraction of sp³-hybridized carbons (Fsp3) is 0.154. The summed E-state index contributed by atoms with van der Waals surface area (Å²) in [6.45, 7) is 0. The molecule has 1 aromatic heterocycles. The van der Waals surface area contributed by atoms with Gasteiger partial charge < -0.3 is 5.73 Å². The standard InChI is InChI=1S/C13H11BrF2N2/c14-10-3-8(6-18-7-10)4-13(17)9-1-2-11(15)12(16)5-9/h1-3,5-7,13H,4,17H2. The summed E-state index contributed by atoms with van der Waals surface area (Å²) in [6, 6.07) is 5.22. The Morgan fingerprint density at radius 3 is 2.61 bits per heavy atom. The van der Waals surface area contributed by atoms with E-state index < -0.39 is 17.7 Å². The summed E-state index contributed by atoms with van der Waals surface area (Å²) in [6.07, 6.45) is 3.88. The zero-order valence-electron chi connectivity index (χ0n) is 9.41. The summed E-state index contributed by atoms with van der Waals surface area (Å²) in [4.78, 5) is 4.03. The SMILES string of the molecule is NC(Cc1cncc(Br)c1)c1ccc(F)c(F)c1. The zero-order valence-corrected chi connectivity index (χ0v) is 11.0. The van der Waals surface area contributed by atoms with Crippen molar-refractivity contribution in [3.63, 3.8) is 0 Å². The number of nitrogens with zero attached hydrogens (tertiary/aromatic N) is 1. The van der Waals surface area contributed by atoms with Gasteiger partial charge in [0.25, 0.3) is 0 Å². The molecule has 94 valence electrons. The molecule has 5 heteroatoms. The molecule has 2 N–H and O–H groups in total. The van der Waals surface area contributed by atoms with Crippen LogP contribution in [0.5, 0.6) is 0 Å². The zero-order chi connectivity index (χ0) is 13.1. The van der Waals surface area contributed by atoms with Gasteiger partial charge in [0, 0.05) is 22.9 Å². The van der Waals surface area contributed by atoms with Gasteiger partial charge in [0.2, 0.25) is 0 Å². The molecule has 1 aromatic carbocycles. The normalized spacial score (nSPS) is 12.4. The van der Waals surface area contributed by atoms with Gasteiger partial charge in [-0.1, -0.05) is 6.07 Å². The number of halogens is 3. The Morgan fingerprint density at radius 1 is 1.17 bits per heavy atom.